The van der Waals surface area contributed by atoms with Gasteiger partial charge in [0, 0.05) is 37.9 Å². The second-order valence-corrected chi connectivity index (χ2v) is 6.26. The average molecular weight is 379 g/mol. The van der Waals surface area contributed by atoms with Crippen LogP contribution in [0.2, 0.25) is 0 Å². The number of aromatic nitrogens is 2. The molecule has 26 heavy (non-hydrogen) atoms. The predicted octanol–water partition coefficient (Wildman–Crippen LogP) is 1.50. The van der Waals surface area contributed by atoms with E-state index in [4.69, 9.17) is 0 Å². The molecule has 1 aromatic heterocycles. The molecule has 0 aliphatic carbocycles. The fourth-order valence-corrected chi connectivity index (χ4v) is 3.17. The summed E-state index contributed by atoms with van der Waals surface area (Å²) in [6.45, 7) is 1.39. The van der Waals surface area contributed by atoms with Crippen molar-refractivity contribution in [2.45, 2.75) is 12.3 Å². The monoisotopic (exact) mass is 378 g/mol. The summed E-state index contributed by atoms with van der Waals surface area (Å²) >= 11 is 0. The molecule has 7 nitrogen and oxygen atoms in total. The number of nitrogens with zero attached hydrogens (tertiary/aromatic N) is 2. The molecule has 2 N–H and O–H groups in total. The second-order valence-electron chi connectivity index (χ2n) is 6.26. The summed E-state index contributed by atoms with van der Waals surface area (Å²) < 4.78 is 6.43. The first-order valence-corrected chi connectivity index (χ1v) is 8.22. The van der Waals surface area contributed by atoms with Crippen LogP contribution < -0.4 is 10.6 Å². The SMILES string of the molecule is COC(=O)Cc1cccc(NC(=O)[C@H]2CNC[C@@H]2c2cnn(C)c2)c1.Cl. The summed E-state index contributed by atoms with van der Waals surface area (Å²) in [6, 6.07) is 7.28. The third kappa shape index (κ3) is 4.62. The average Bonchev–Trinajstić information content (AvgIpc) is 3.23. The number of amides is 1. The Bertz CT molecular complexity index is 777. The number of nitrogens with one attached hydrogen (secondary N) is 2. The third-order valence-electron chi connectivity index (χ3n) is 4.47. The molecule has 2 heterocycles. The molecule has 1 saturated heterocycles. The van der Waals surface area contributed by atoms with Crippen molar-refractivity contribution in [1.29, 1.82) is 0 Å². The predicted molar refractivity (Wildman–Crippen MR) is 100 cm³/mol. The van der Waals surface area contributed by atoms with Gasteiger partial charge in [0.25, 0.3) is 0 Å². The van der Waals surface area contributed by atoms with Gasteiger partial charge in [-0.1, -0.05) is 12.1 Å². The molecule has 1 fully saturated rings. The molecule has 2 atom stereocenters. The molecule has 1 aliphatic rings. The lowest BCUT2D eigenvalue weighted by atomic mass is 9.90. The molecule has 3 rings (SSSR count). The Morgan fingerprint density at radius 2 is 2.19 bits per heavy atom. The van der Waals surface area contributed by atoms with E-state index < -0.39 is 0 Å². The summed E-state index contributed by atoms with van der Waals surface area (Å²) in [7, 11) is 3.23. The van der Waals surface area contributed by atoms with Crippen molar-refractivity contribution in [1.82, 2.24) is 15.1 Å². The van der Waals surface area contributed by atoms with E-state index in [9.17, 15) is 9.59 Å². The zero-order chi connectivity index (χ0) is 17.8. The smallest absolute Gasteiger partial charge is 0.309 e. The Labute approximate surface area is 158 Å². The normalized spacial score (nSPS) is 18.8. The summed E-state index contributed by atoms with van der Waals surface area (Å²) in [4.78, 5) is 24.1. The van der Waals surface area contributed by atoms with Crippen LogP contribution in [0.15, 0.2) is 36.7 Å². The van der Waals surface area contributed by atoms with Crippen molar-refractivity contribution in [3.63, 3.8) is 0 Å². The molecule has 8 heteroatoms. The fraction of sp³-hybridized carbons (Fsp3) is 0.389. The van der Waals surface area contributed by atoms with Crippen LogP contribution in [0.3, 0.4) is 0 Å². The maximum atomic E-state index is 12.7. The highest BCUT2D eigenvalue weighted by molar-refractivity contribution is 5.93. The molecule has 140 valence electrons. The van der Waals surface area contributed by atoms with Crippen molar-refractivity contribution < 1.29 is 14.3 Å². The van der Waals surface area contributed by atoms with Gasteiger partial charge in [0.2, 0.25) is 5.91 Å². The van der Waals surface area contributed by atoms with Gasteiger partial charge in [-0.15, -0.1) is 12.4 Å². The number of rotatable bonds is 5. The van der Waals surface area contributed by atoms with E-state index in [0.717, 1.165) is 17.7 Å². The minimum Gasteiger partial charge on any atom is -0.469 e. The molecule has 0 bridgehead atoms. The van der Waals surface area contributed by atoms with Gasteiger partial charge in [-0.3, -0.25) is 14.3 Å². The molecule has 1 aliphatic heterocycles. The number of carbonyl (C=O) groups is 2. The number of ether oxygens (including phenoxy) is 1. The Morgan fingerprint density at radius 1 is 1.38 bits per heavy atom. The van der Waals surface area contributed by atoms with Crippen molar-refractivity contribution in [2.24, 2.45) is 13.0 Å². The lowest BCUT2D eigenvalue weighted by Crippen LogP contribution is -2.28. The summed E-state index contributed by atoms with van der Waals surface area (Å²) in [5.74, 6) is -0.394. The van der Waals surface area contributed by atoms with E-state index >= 15 is 0 Å². The van der Waals surface area contributed by atoms with Gasteiger partial charge >= 0.3 is 5.97 Å². The Morgan fingerprint density at radius 3 is 2.88 bits per heavy atom. The zero-order valence-electron chi connectivity index (χ0n) is 14.8. The van der Waals surface area contributed by atoms with E-state index in [1.807, 2.05) is 37.6 Å². The Balaban J connectivity index is 0.00000243. The van der Waals surface area contributed by atoms with E-state index in [1.165, 1.54) is 7.11 Å². The maximum absolute atomic E-state index is 12.7. The molecule has 0 unspecified atom stereocenters. The van der Waals surface area contributed by atoms with E-state index in [-0.39, 0.29) is 42.5 Å². The molecular formula is C18H23ClN4O3. The van der Waals surface area contributed by atoms with Crippen LogP contribution in [-0.4, -0.2) is 41.9 Å². The van der Waals surface area contributed by atoms with E-state index in [1.54, 1.807) is 10.7 Å². The highest BCUT2D eigenvalue weighted by Crippen LogP contribution is 2.29. The second kappa shape index (κ2) is 8.82. The number of methoxy groups -OCH3 is 1. The van der Waals surface area contributed by atoms with Crippen LogP contribution >= 0.6 is 12.4 Å². The van der Waals surface area contributed by atoms with Crippen LogP contribution in [0.4, 0.5) is 5.69 Å². The number of esters is 1. The third-order valence-corrected chi connectivity index (χ3v) is 4.47. The zero-order valence-corrected chi connectivity index (χ0v) is 15.6. The number of anilines is 1. The standard InChI is InChI=1S/C18H22N4O3.ClH/c1-22-11-13(8-20-22)15-9-19-10-16(15)18(24)21-14-5-3-4-12(6-14)7-17(23)25-2;/h3-6,8,11,15-16,19H,7,9-10H2,1-2H3,(H,21,24);1H/t15-,16+;/m1./s1. The number of aryl methyl sites for hydroxylation is 1. The van der Waals surface area contributed by atoms with Gasteiger partial charge < -0.3 is 15.4 Å². The van der Waals surface area contributed by atoms with Crippen LogP contribution in [0.1, 0.15) is 17.0 Å². The number of carbonyl (C=O) groups excluding carboxylic acids is 2. The van der Waals surface area contributed by atoms with Crippen LogP contribution in [-0.2, 0) is 27.8 Å². The lowest BCUT2D eigenvalue weighted by Gasteiger charge is -2.17. The van der Waals surface area contributed by atoms with Gasteiger partial charge in [0.15, 0.2) is 0 Å². The first-order chi connectivity index (χ1) is 12.1. The largest absolute Gasteiger partial charge is 0.469 e. The van der Waals surface area contributed by atoms with Gasteiger partial charge in [-0.2, -0.15) is 5.10 Å². The van der Waals surface area contributed by atoms with Crippen LogP contribution in [0.25, 0.3) is 0 Å². The first kappa shape index (κ1) is 19.9. The minimum absolute atomic E-state index is 0. The molecule has 0 spiro atoms. The summed E-state index contributed by atoms with van der Waals surface area (Å²) in [5.41, 5.74) is 2.55. The van der Waals surface area contributed by atoms with Crippen molar-refractivity contribution >= 4 is 30.0 Å². The van der Waals surface area contributed by atoms with Crippen molar-refractivity contribution in [2.75, 3.05) is 25.5 Å². The van der Waals surface area contributed by atoms with Gasteiger partial charge in [0.1, 0.15) is 0 Å². The van der Waals surface area contributed by atoms with Gasteiger partial charge in [0.05, 0.1) is 25.6 Å². The molecule has 0 radical (unpaired) electrons. The highest BCUT2D eigenvalue weighted by atomic mass is 35.5. The van der Waals surface area contributed by atoms with Gasteiger partial charge in [-0.05, 0) is 23.3 Å². The lowest BCUT2D eigenvalue weighted by molar-refractivity contribution is -0.139. The number of halogens is 1. The number of hydrogen-bond donors (Lipinski definition) is 2. The summed E-state index contributed by atoms with van der Waals surface area (Å²) in [6.07, 6.45) is 3.95. The van der Waals surface area contributed by atoms with Crippen molar-refractivity contribution in [3.8, 4) is 0 Å². The number of benzene rings is 1. The van der Waals surface area contributed by atoms with Gasteiger partial charge in [-0.25, -0.2) is 0 Å². The van der Waals surface area contributed by atoms with E-state index in [2.05, 4.69) is 20.5 Å². The molecule has 1 amide bonds. The highest BCUT2D eigenvalue weighted by Gasteiger charge is 2.34. The Hall–Kier alpha value is -2.38. The quantitative estimate of drug-likeness (QED) is 0.770. The maximum Gasteiger partial charge on any atom is 0.309 e. The van der Waals surface area contributed by atoms with Crippen molar-refractivity contribution in [3.05, 3.63) is 47.8 Å². The fourth-order valence-electron chi connectivity index (χ4n) is 3.17. The van der Waals surface area contributed by atoms with E-state index in [0.29, 0.717) is 12.2 Å². The topological polar surface area (TPSA) is 85.2 Å². The van der Waals surface area contributed by atoms with Crippen LogP contribution in [0, 0.1) is 5.92 Å². The summed E-state index contributed by atoms with van der Waals surface area (Å²) in [5, 5.41) is 10.4. The Kier molecular flexibility index (Phi) is 6.76. The molecule has 2 aromatic rings. The first-order valence-electron chi connectivity index (χ1n) is 8.22. The minimum atomic E-state index is -0.305. The molecular weight excluding hydrogens is 356 g/mol. The molecule has 0 saturated carbocycles. The van der Waals surface area contributed by atoms with Crippen LogP contribution in [0.5, 0.6) is 0 Å². The number of hydrogen-bond acceptors (Lipinski definition) is 5. The molecule has 1 aromatic carbocycles.